The quantitative estimate of drug-likeness (QED) is 0.732. The molecule has 0 fully saturated rings. The van der Waals surface area contributed by atoms with E-state index in [1.807, 2.05) is 0 Å². The average Bonchev–Trinajstić information content (AvgIpc) is 2.80. The minimum atomic E-state index is -0.657. The molecule has 0 saturated carbocycles. The van der Waals surface area contributed by atoms with Gasteiger partial charge in [-0.25, -0.2) is 14.5 Å². The summed E-state index contributed by atoms with van der Waals surface area (Å²) in [5.41, 5.74) is 11.0. The number of nitrogens with two attached hydrogens (primary N) is 2. The van der Waals surface area contributed by atoms with Crippen molar-refractivity contribution in [1.29, 1.82) is 0 Å². The van der Waals surface area contributed by atoms with Gasteiger partial charge in [0.1, 0.15) is 5.69 Å². The van der Waals surface area contributed by atoms with Crippen molar-refractivity contribution in [3.8, 4) is 5.82 Å². The van der Waals surface area contributed by atoms with Gasteiger partial charge in [0.25, 0.3) is 5.91 Å². The Labute approximate surface area is 108 Å². The summed E-state index contributed by atoms with van der Waals surface area (Å²) >= 11 is 0. The number of amides is 1. The van der Waals surface area contributed by atoms with Gasteiger partial charge < -0.3 is 16.2 Å². The van der Waals surface area contributed by atoms with Crippen LogP contribution < -0.4 is 11.5 Å². The van der Waals surface area contributed by atoms with Crippen molar-refractivity contribution in [1.82, 2.24) is 14.8 Å². The molecule has 0 radical (unpaired) electrons. The smallest absolute Gasteiger partial charge is 0.360 e. The summed E-state index contributed by atoms with van der Waals surface area (Å²) in [6.07, 6.45) is 1.40. The fourth-order valence-electron chi connectivity index (χ4n) is 1.45. The summed E-state index contributed by atoms with van der Waals surface area (Å²) in [5.74, 6) is -0.990. The van der Waals surface area contributed by atoms with Gasteiger partial charge in [0.15, 0.2) is 11.5 Å². The van der Waals surface area contributed by atoms with Crippen molar-refractivity contribution in [3.05, 3.63) is 35.8 Å². The predicted molar refractivity (Wildman–Crippen MR) is 65.6 cm³/mol. The van der Waals surface area contributed by atoms with Crippen molar-refractivity contribution in [2.45, 2.75) is 0 Å². The topological polar surface area (TPSA) is 126 Å². The lowest BCUT2D eigenvalue weighted by molar-refractivity contribution is 0.0594. The van der Waals surface area contributed by atoms with Crippen LogP contribution in [0.3, 0.4) is 0 Å². The van der Waals surface area contributed by atoms with Gasteiger partial charge in [-0.3, -0.25) is 4.79 Å². The normalized spacial score (nSPS) is 10.2. The second-order valence-electron chi connectivity index (χ2n) is 3.61. The van der Waals surface area contributed by atoms with Crippen LogP contribution in [0.25, 0.3) is 5.82 Å². The first-order chi connectivity index (χ1) is 9.02. The Morgan fingerprint density at radius 1 is 1.37 bits per heavy atom. The molecule has 2 rings (SSSR count). The summed E-state index contributed by atoms with van der Waals surface area (Å²) in [4.78, 5) is 26.4. The van der Waals surface area contributed by atoms with E-state index in [-0.39, 0.29) is 17.1 Å². The second kappa shape index (κ2) is 4.77. The summed E-state index contributed by atoms with van der Waals surface area (Å²) in [7, 11) is 1.23. The molecule has 4 N–H and O–H groups in total. The lowest BCUT2D eigenvalue weighted by atomic mass is 10.3. The van der Waals surface area contributed by atoms with Crippen molar-refractivity contribution in [2.24, 2.45) is 5.73 Å². The van der Waals surface area contributed by atoms with Gasteiger partial charge >= 0.3 is 5.97 Å². The largest absolute Gasteiger partial charge is 0.464 e. The molecule has 2 aromatic heterocycles. The van der Waals surface area contributed by atoms with Gasteiger partial charge in [-0.2, -0.15) is 5.10 Å². The zero-order chi connectivity index (χ0) is 14.0. The number of carbonyl (C=O) groups excluding carboxylic acids is 2. The third-order valence-corrected chi connectivity index (χ3v) is 2.34. The molecule has 0 aliphatic rings. The molecule has 8 nitrogen and oxygen atoms in total. The number of nitrogen functional groups attached to an aromatic ring is 1. The lowest BCUT2D eigenvalue weighted by Gasteiger charge is -2.01. The van der Waals surface area contributed by atoms with Gasteiger partial charge in [0.05, 0.1) is 19.0 Å². The summed E-state index contributed by atoms with van der Waals surface area (Å²) in [5, 5.41) is 3.95. The number of rotatable bonds is 3. The zero-order valence-electron chi connectivity index (χ0n) is 10.0. The predicted octanol–water partition coefficient (Wildman–Crippen LogP) is -0.265. The highest BCUT2D eigenvalue weighted by molar-refractivity contribution is 5.93. The van der Waals surface area contributed by atoms with E-state index in [9.17, 15) is 9.59 Å². The number of ether oxygens (including phenoxy) is 1. The molecule has 2 heterocycles. The van der Waals surface area contributed by atoms with E-state index >= 15 is 0 Å². The SMILES string of the molecule is COC(=O)c1nn(-c2cccc(C(N)=O)n2)cc1N. The minimum absolute atomic E-state index is 0.0196. The fraction of sp³-hybridized carbons (Fsp3) is 0.0909. The van der Waals surface area contributed by atoms with E-state index in [0.717, 1.165) is 0 Å². The molecule has 0 bridgehead atoms. The molecule has 0 spiro atoms. The highest BCUT2D eigenvalue weighted by Crippen LogP contribution is 2.14. The Balaban J connectivity index is 2.45. The molecule has 98 valence electrons. The Bertz CT molecular complexity index is 650. The van der Waals surface area contributed by atoms with Crippen LogP contribution in [0.4, 0.5) is 5.69 Å². The van der Waals surface area contributed by atoms with Crippen LogP contribution in [0.1, 0.15) is 21.0 Å². The number of methoxy groups -OCH3 is 1. The van der Waals surface area contributed by atoms with E-state index in [4.69, 9.17) is 11.5 Å². The molecule has 0 unspecified atom stereocenters. The van der Waals surface area contributed by atoms with Crippen LogP contribution in [0.5, 0.6) is 0 Å². The van der Waals surface area contributed by atoms with Gasteiger partial charge in [-0.05, 0) is 12.1 Å². The summed E-state index contributed by atoms with van der Waals surface area (Å²) in [6.45, 7) is 0. The van der Waals surface area contributed by atoms with Crippen LogP contribution in [0.2, 0.25) is 0 Å². The Hall–Kier alpha value is -2.90. The first-order valence-corrected chi connectivity index (χ1v) is 5.23. The molecule has 0 aromatic carbocycles. The van der Waals surface area contributed by atoms with Crippen LogP contribution in [0, 0.1) is 0 Å². The molecule has 1 amide bonds. The maximum absolute atomic E-state index is 11.4. The fourth-order valence-corrected chi connectivity index (χ4v) is 1.45. The molecular formula is C11H11N5O3. The molecule has 19 heavy (non-hydrogen) atoms. The number of carbonyl (C=O) groups is 2. The molecule has 0 atom stereocenters. The standard InChI is InChI=1S/C11H11N5O3/c1-19-11(18)9-6(12)5-16(15-9)8-4-2-3-7(14-8)10(13)17/h2-5H,12H2,1H3,(H2,13,17). The van der Waals surface area contributed by atoms with Crippen molar-refractivity contribution >= 4 is 17.6 Å². The number of primary amides is 1. The van der Waals surface area contributed by atoms with Crippen LogP contribution >= 0.6 is 0 Å². The van der Waals surface area contributed by atoms with E-state index < -0.39 is 11.9 Å². The summed E-state index contributed by atoms with van der Waals surface area (Å²) < 4.78 is 5.81. The van der Waals surface area contributed by atoms with Gasteiger partial charge in [0, 0.05) is 0 Å². The highest BCUT2D eigenvalue weighted by atomic mass is 16.5. The summed E-state index contributed by atoms with van der Waals surface area (Å²) in [6, 6.07) is 4.66. The van der Waals surface area contributed by atoms with Crippen molar-refractivity contribution < 1.29 is 14.3 Å². The number of aromatic nitrogens is 3. The number of pyridine rings is 1. The van der Waals surface area contributed by atoms with Gasteiger partial charge in [-0.1, -0.05) is 6.07 Å². The molecular weight excluding hydrogens is 250 g/mol. The number of anilines is 1. The van der Waals surface area contributed by atoms with Crippen molar-refractivity contribution in [3.63, 3.8) is 0 Å². The van der Waals surface area contributed by atoms with Gasteiger partial charge in [0.2, 0.25) is 0 Å². The third kappa shape index (κ3) is 2.37. The van der Waals surface area contributed by atoms with Crippen LogP contribution in [0.15, 0.2) is 24.4 Å². The molecule has 0 aliphatic carbocycles. The molecule has 8 heteroatoms. The Morgan fingerprint density at radius 3 is 2.74 bits per heavy atom. The monoisotopic (exact) mass is 261 g/mol. The maximum Gasteiger partial charge on any atom is 0.360 e. The number of hydrogen-bond donors (Lipinski definition) is 2. The van der Waals surface area contributed by atoms with E-state index in [1.165, 1.54) is 24.1 Å². The van der Waals surface area contributed by atoms with Crippen LogP contribution in [-0.2, 0) is 4.74 Å². The van der Waals surface area contributed by atoms with Gasteiger partial charge in [-0.15, -0.1) is 0 Å². The van der Waals surface area contributed by atoms with Crippen molar-refractivity contribution in [2.75, 3.05) is 12.8 Å². The first kappa shape index (κ1) is 12.6. The number of nitrogens with zero attached hydrogens (tertiary/aromatic N) is 3. The molecule has 0 aliphatic heterocycles. The van der Waals surface area contributed by atoms with E-state index in [1.54, 1.807) is 12.1 Å². The lowest BCUT2D eigenvalue weighted by Crippen LogP contribution is -2.14. The molecule has 0 saturated heterocycles. The minimum Gasteiger partial charge on any atom is -0.464 e. The first-order valence-electron chi connectivity index (χ1n) is 5.23. The zero-order valence-corrected chi connectivity index (χ0v) is 10.0. The average molecular weight is 261 g/mol. The number of esters is 1. The van der Waals surface area contributed by atoms with Crippen LogP contribution in [-0.4, -0.2) is 33.8 Å². The third-order valence-electron chi connectivity index (χ3n) is 2.34. The number of hydrogen-bond acceptors (Lipinski definition) is 6. The van der Waals surface area contributed by atoms with E-state index in [0.29, 0.717) is 5.82 Å². The maximum atomic E-state index is 11.4. The molecule has 2 aromatic rings. The Morgan fingerprint density at radius 2 is 2.11 bits per heavy atom. The van der Waals surface area contributed by atoms with E-state index in [2.05, 4.69) is 14.8 Å². The second-order valence-corrected chi connectivity index (χ2v) is 3.61. The Kier molecular flexibility index (Phi) is 3.15. The highest BCUT2D eigenvalue weighted by Gasteiger charge is 2.16.